The Hall–Kier alpha value is -2.18. The first-order valence-electron chi connectivity index (χ1n) is 11.0. The van der Waals surface area contributed by atoms with E-state index in [1.54, 1.807) is 0 Å². The van der Waals surface area contributed by atoms with E-state index >= 15 is 0 Å². The highest BCUT2D eigenvalue weighted by molar-refractivity contribution is 5.97. The smallest absolute Gasteiger partial charge is 0.326 e. The minimum Gasteiger partial charge on any atom is -0.490 e. The summed E-state index contributed by atoms with van der Waals surface area (Å²) in [4.78, 5) is 25.1. The zero-order chi connectivity index (χ0) is 21.0. The highest BCUT2D eigenvalue weighted by Crippen LogP contribution is 2.60. The number of carboxylic acid groups (broad SMARTS) is 1. The molecular formula is C23H27F2NO4. The minimum atomic E-state index is -1.13. The van der Waals surface area contributed by atoms with Gasteiger partial charge in [0, 0.05) is 18.0 Å². The number of carboxylic acids is 1. The Morgan fingerprint density at radius 2 is 1.70 bits per heavy atom. The monoisotopic (exact) mass is 419 g/mol. The summed E-state index contributed by atoms with van der Waals surface area (Å²) in [6, 6.07) is 0.797. The summed E-state index contributed by atoms with van der Waals surface area (Å²) in [7, 11) is 0. The van der Waals surface area contributed by atoms with E-state index in [1.807, 2.05) is 0 Å². The van der Waals surface area contributed by atoms with E-state index in [4.69, 9.17) is 4.74 Å². The third kappa shape index (κ3) is 3.36. The van der Waals surface area contributed by atoms with Gasteiger partial charge in [0.25, 0.3) is 5.91 Å². The van der Waals surface area contributed by atoms with Gasteiger partial charge in [-0.25, -0.2) is 13.6 Å². The highest BCUT2D eigenvalue weighted by Gasteiger charge is 2.51. The molecule has 1 aromatic rings. The van der Waals surface area contributed by atoms with Crippen molar-refractivity contribution in [3.8, 4) is 5.75 Å². The van der Waals surface area contributed by atoms with Crippen LogP contribution in [0.2, 0.25) is 0 Å². The molecule has 1 amide bonds. The molecule has 0 aromatic heterocycles. The molecule has 0 unspecified atom stereocenters. The summed E-state index contributed by atoms with van der Waals surface area (Å²) in [5.41, 5.74) is -0.376. The zero-order valence-electron chi connectivity index (χ0n) is 16.9. The maximum atomic E-state index is 14.7. The number of rotatable bonds is 5. The van der Waals surface area contributed by atoms with Crippen molar-refractivity contribution in [2.24, 2.45) is 23.2 Å². The summed E-state index contributed by atoms with van der Waals surface area (Å²) in [6.07, 6.45) is 8.05. The Bertz CT molecular complexity index is 851. The number of ether oxygens (including phenoxy) is 1. The van der Waals surface area contributed by atoms with Crippen molar-refractivity contribution in [2.45, 2.75) is 57.4 Å². The van der Waals surface area contributed by atoms with Crippen LogP contribution in [0.25, 0.3) is 0 Å². The van der Waals surface area contributed by atoms with Crippen molar-refractivity contribution in [1.29, 1.82) is 0 Å². The van der Waals surface area contributed by atoms with Crippen molar-refractivity contribution in [2.75, 3.05) is 13.2 Å². The molecule has 4 aliphatic carbocycles. The third-order valence-electron chi connectivity index (χ3n) is 7.75. The van der Waals surface area contributed by atoms with Gasteiger partial charge in [-0.15, -0.1) is 0 Å². The normalized spacial score (nSPS) is 34.4. The van der Waals surface area contributed by atoms with Crippen molar-refractivity contribution in [3.63, 3.8) is 0 Å². The van der Waals surface area contributed by atoms with Crippen LogP contribution in [-0.2, 0) is 4.79 Å². The molecule has 162 valence electrons. The average molecular weight is 419 g/mol. The van der Waals surface area contributed by atoms with Crippen molar-refractivity contribution < 1.29 is 28.2 Å². The second kappa shape index (κ2) is 7.20. The molecule has 1 atom stereocenters. The topological polar surface area (TPSA) is 66.8 Å². The minimum absolute atomic E-state index is 0.0659. The standard InChI is InChI=1S/C23H27F2NO4/c24-17-8-20(30-12-23-9-13-4-14(10-23)6-15(5-13)11-23)18(25)7-16(17)21(27)26-3-1-2-19(26)22(28)29/h7-8,13-15,19H,1-6,9-12H2,(H,28,29)/t13?,14?,15?,19-,23?/m0/s1. The first-order chi connectivity index (χ1) is 14.3. The number of halogens is 2. The fraction of sp³-hybridized carbons (Fsp3) is 0.652. The summed E-state index contributed by atoms with van der Waals surface area (Å²) >= 11 is 0. The van der Waals surface area contributed by atoms with E-state index in [2.05, 4.69) is 0 Å². The van der Waals surface area contributed by atoms with Crippen molar-refractivity contribution in [1.82, 2.24) is 4.90 Å². The van der Waals surface area contributed by atoms with Gasteiger partial charge in [0.05, 0.1) is 12.2 Å². The second-order valence-electron chi connectivity index (χ2n) is 9.96. The Labute approximate surface area is 174 Å². The third-order valence-corrected chi connectivity index (χ3v) is 7.75. The molecule has 1 aliphatic heterocycles. The zero-order valence-corrected chi connectivity index (χ0v) is 16.9. The summed E-state index contributed by atoms with van der Waals surface area (Å²) in [6.45, 7) is 0.606. The van der Waals surface area contributed by atoms with Gasteiger partial charge in [0.15, 0.2) is 11.6 Å². The maximum absolute atomic E-state index is 14.7. The fourth-order valence-electron chi connectivity index (χ4n) is 6.92. The molecule has 1 heterocycles. The van der Waals surface area contributed by atoms with E-state index in [1.165, 1.54) is 19.3 Å². The lowest BCUT2D eigenvalue weighted by Gasteiger charge is -2.56. The Kier molecular flexibility index (Phi) is 4.75. The van der Waals surface area contributed by atoms with Crippen LogP contribution in [0.4, 0.5) is 8.78 Å². The summed E-state index contributed by atoms with van der Waals surface area (Å²) < 4.78 is 35.2. The fourth-order valence-corrected chi connectivity index (χ4v) is 6.92. The van der Waals surface area contributed by atoms with E-state index in [9.17, 15) is 23.5 Å². The van der Waals surface area contributed by atoms with Gasteiger partial charge >= 0.3 is 5.97 Å². The first-order valence-corrected chi connectivity index (χ1v) is 11.0. The van der Waals surface area contributed by atoms with Crippen LogP contribution in [0, 0.1) is 34.8 Å². The average Bonchev–Trinajstić information content (AvgIpc) is 3.17. The number of carbonyl (C=O) groups is 2. The van der Waals surface area contributed by atoms with Crippen LogP contribution in [0.15, 0.2) is 12.1 Å². The van der Waals surface area contributed by atoms with Crippen molar-refractivity contribution >= 4 is 11.9 Å². The molecule has 1 aromatic carbocycles. The molecular weight excluding hydrogens is 392 g/mol. The maximum Gasteiger partial charge on any atom is 0.326 e. The number of hydrogen-bond acceptors (Lipinski definition) is 3. The molecule has 1 saturated heterocycles. The van der Waals surface area contributed by atoms with Crippen LogP contribution in [0.3, 0.4) is 0 Å². The Balaban J connectivity index is 1.31. The van der Waals surface area contributed by atoms with Gasteiger partial charge in [-0.2, -0.15) is 0 Å². The SMILES string of the molecule is O=C(O)[C@@H]1CCCN1C(=O)c1cc(F)c(OCC23CC4CC(CC(C4)C2)C3)cc1F. The van der Waals surface area contributed by atoms with Gasteiger partial charge < -0.3 is 14.7 Å². The summed E-state index contributed by atoms with van der Waals surface area (Å²) in [5, 5.41) is 9.25. The number of benzene rings is 1. The van der Waals surface area contributed by atoms with E-state index in [0.29, 0.717) is 19.4 Å². The number of carbonyl (C=O) groups excluding carboxylic acids is 1. The molecule has 5 nitrogen and oxygen atoms in total. The van der Waals surface area contributed by atoms with Crippen LogP contribution < -0.4 is 4.74 Å². The van der Waals surface area contributed by atoms with Gasteiger partial charge in [-0.1, -0.05) is 0 Å². The Morgan fingerprint density at radius 3 is 2.30 bits per heavy atom. The molecule has 1 N–H and O–H groups in total. The lowest BCUT2D eigenvalue weighted by Crippen LogP contribution is -2.48. The second-order valence-corrected chi connectivity index (χ2v) is 9.96. The molecule has 4 bridgehead atoms. The van der Waals surface area contributed by atoms with Crippen LogP contribution in [0.1, 0.15) is 61.7 Å². The van der Waals surface area contributed by atoms with Crippen molar-refractivity contribution in [3.05, 3.63) is 29.3 Å². The lowest BCUT2D eigenvalue weighted by molar-refractivity contribution is -0.141. The number of aliphatic carboxylic acids is 1. The van der Waals surface area contributed by atoms with Gasteiger partial charge in [0.1, 0.15) is 11.9 Å². The summed E-state index contributed by atoms with van der Waals surface area (Å²) in [5.74, 6) is -1.53. The molecule has 4 saturated carbocycles. The quantitative estimate of drug-likeness (QED) is 0.775. The Morgan fingerprint density at radius 1 is 1.07 bits per heavy atom. The number of amides is 1. The van der Waals surface area contributed by atoms with Gasteiger partial charge in [0.2, 0.25) is 0 Å². The number of nitrogens with zero attached hydrogens (tertiary/aromatic N) is 1. The van der Waals surface area contributed by atoms with Crippen LogP contribution >= 0.6 is 0 Å². The predicted octanol–water partition coefficient (Wildman–Crippen LogP) is 4.25. The lowest BCUT2D eigenvalue weighted by atomic mass is 9.50. The molecule has 0 radical (unpaired) electrons. The number of likely N-dealkylation sites (tertiary alicyclic amines) is 1. The first kappa shape index (κ1) is 19.8. The van der Waals surface area contributed by atoms with E-state index in [-0.39, 0.29) is 17.7 Å². The van der Waals surface area contributed by atoms with Crippen LogP contribution in [0.5, 0.6) is 5.75 Å². The number of hydrogen-bond donors (Lipinski definition) is 1. The van der Waals surface area contributed by atoms with Gasteiger partial charge in [-0.05, 0) is 75.2 Å². The molecule has 5 fully saturated rings. The molecule has 5 aliphatic rings. The largest absolute Gasteiger partial charge is 0.490 e. The van der Waals surface area contributed by atoms with E-state index in [0.717, 1.165) is 54.0 Å². The molecule has 6 rings (SSSR count). The highest BCUT2D eigenvalue weighted by atomic mass is 19.1. The van der Waals surface area contributed by atoms with Crippen LogP contribution in [-0.4, -0.2) is 41.1 Å². The molecule has 0 spiro atoms. The molecule has 7 heteroatoms. The van der Waals surface area contributed by atoms with E-state index < -0.39 is 35.1 Å². The molecule has 30 heavy (non-hydrogen) atoms. The predicted molar refractivity (Wildman–Crippen MR) is 104 cm³/mol. The van der Waals surface area contributed by atoms with Gasteiger partial charge in [-0.3, -0.25) is 4.79 Å².